The van der Waals surface area contributed by atoms with Crippen LogP contribution in [0.1, 0.15) is 29.2 Å². The molecule has 0 fully saturated rings. The molecule has 2 aromatic rings. The third-order valence-electron chi connectivity index (χ3n) is 4.19. The highest BCUT2D eigenvalue weighted by atomic mass is 16.5. The smallest absolute Gasteiger partial charge is 0.305 e. The number of carbonyl (C=O) groups excluding carboxylic acids is 1. The minimum Gasteiger partial charge on any atom is -0.493 e. The predicted molar refractivity (Wildman–Crippen MR) is 104 cm³/mol. The summed E-state index contributed by atoms with van der Waals surface area (Å²) in [5.74, 6) is -0.281. The second-order valence-corrected chi connectivity index (χ2v) is 6.26. The lowest BCUT2D eigenvalue weighted by atomic mass is 10.0. The Morgan fingerprint density at radius 1 is 1.00 bits per heavy atom. The average molecular weight is 387 g/mol. The number of ether oxygens (including phenoxy) is 3. The SMILES string of the molecule is COCc1cccc(CC(=O)NC(CC(=O)O)c2ccc(OC)c(OC)c2)c1. The van der Waals surface area contributed by atoms with Crippen molar-refractivity contribution in [3.05, 3.63) is 59.2 Å². The second kappa shape index (κ2) is 10.3. The molecule has 0 radical (unpaired) electrons. The molecular weight excluding hydrogens is 362 g/mol. The van der Waals surface area contributed by atoms with E-state index in [4.69, 9.17) is 14.2 Å². The first-order valence-corrected chi connectivity index (χ1v) is 8.76. The highest BCUT2D eigenvalue weighted by molar-refractivity contribution is 5.80. The fourth-order valence-electron chi connectivity index (χ4n) is 2.92. The number of nitrogens with one attached hydrogen (secondary N) is 1. The van der Waals surface area contributed by atoms with Crippen LogP contribution in [0.15, 0.2) is 42.5 Å². The van der Waals surface area contributed by atoms with Crippen molar-refractivity contribution in [1.82, 2.24) is 5.32 Å². The molecule has 150 valence electrons. The van der Waals surface area contributed by atoms with Gasteiger partial charge < -0.3 is 24.6 Å². The van der Waals surface area contributed by atoms with Crippen molar-refractivity contribution in [3.8, 4) is 11.5 Å². The predicted octanol–water partition coefficient (Wildman–Crippen LogP) is 2.72. The van der Waals surface area contributed by atoms with Crippen LogP contribution in [-0.2, 0) is 27.4 Å². The monoisotopic (exact) mass is 387 g/mol. The third kappa shape index (κ3) is 5.99. The Morgan fingerprint density at radius 3 is 2.36 bits per heavy atom. The number of hydrogen-bond acceptors (Lipinski definition) is 5. The van der Waals surface area contributed by atoms with Crippen molar-refractivity contribution in [1.29, 1.82) is 0 Å². The first-order chi connectivity index (χ1) is 13.5. The summed E-state index contributed by atoms with van der Waals surface area (Å²) < 4.78 is 15.6. The summed E-state index contributed by atoms with van der Waals surface area (Å²) in [5, 5.41) is 12.1. The lowest BCUT2D eigenvalue weighted by Gasteiger charge is -2.19. The fourth-order valence-corrected chi connectivity index (χ4v) is 2.92. The lowest BCUT2D eigenvalue weighted by molar-refractivity contribution is -0.137. The molecule has 28 heavy (non-hydrogen) atoms. The molecule has 7 heteroatoms. The number of benzene rings is 2. The number of carbonyl (C=O) groups is 2. The molecule has 2 N–H and O–H groups in total. The van der Waals surface area contributed by atoms with Crippen molar-refractivity contribution in [3.63, 3.8) is 0 Å². The number of carboxylic acid groups (broad SMARTS) is 1. The molecule has 2 rings (SSSR count). The van der Waals surface area contributed by atoms with Crippen LogP contribution in [0, 0.1) is 0 Å². The van der Waals surface area contributed by atoms with Crippen molar-refractivity contribution in [2.75, 3.05) is 21.3 Å². The Labute approximate surface area is 164 Å². The van der Waals surface area contributed by atoms with E-state index in [-0.39, 0.29) is 18.7 Å². The molecule has 0 aliphatic carbocycles. The Hall–Kier alpha value is -3.06. The van der Waals surface area contributed by atoms with Gasteiger partial charge in [-0.3, -0.25) is 9.59 Å². The normalized spacial score (nSPS) is 11.5. The Bertz CT molecular complexity index is 820. The molecule has 1 atom stereocenters. The van der Waals surface area contributed by atoms with Crippen molar-refractivity contribution >= 4 is 11.9 Å². The molecule has 0 aliphatic rings. The van der Waals surface area contributed by atoms with Crippen LogP contribution < -0.4 is 14.8 Å². The molecule has 0 saturated heterocycles. The number of hydrogen-bond donors (Lipinski definition) is 2. The van der Waals surface area contributed by atoms with Gasteiger partial charge in [-0.05, 0) is 28.8 Å². The summed E-state index contributed by atoms with van der Waals surface area (Å²) in [6.45, 7) is 0.461. The van der Waals surface area contributed by atoms with Crippen LogP contribution in [0.5, 0.6) is 11.5 Å². The van der Waals surface area contributed by atoms with Gasteiger partial charge >= 0.3 is 5.97 Å². The van der Waals surface area contributed by atoms with E-state index in [1.54, 1.807) is 25.3 Å². The maximum atomic E-state index is 12.5. The molecule has 7 nitrogen and oxygen atoms in total. The third-order valence-corrected chi connectivity index (χ3v) is 4.19. The van der Waals surface area contributed by atoms with Crippen molar-refractivity contribution in [2.24, 2.45) is 0 Å². The van der Waals surface area contributed by atoms with E-state index in [1.807, 2.05) is 24.3 Å². The zero-order valence-corrected chi connectivity index (χ0v) is 16.2. The minimum absolute atomic E-state index is 0.140. The van der Waals surface area contributed by atoms with Crippen LogP contribution in [0.25, 0.3) is 0 Å². The number of aliphatic carboxylic acids is 1. The summed E-state index contributed by atoms with van der Waals surface area (Å²) in [5.41, 5.74) is 2.42. The number of methoxy groups -OCH3 is 3. The number of rotatable bonds is 10. The lowest BCUT2D eigenvalue weighted by Crippen LogP contribution is -2.31. The van der Waals surface area contributed by atoms with Gasteiger partial charge in [-0.1, -0.05) is 30.3 Å². The summed E-state index contributed by atoms with van der Waals surface area (Å²) in [4.78, 5) is 23.8. The van der Waals surface area contributed by atoms with Gasteiger partial charge in [0.1, 0.15) is 0 Å². The first kappa shape index (κ1) is 21.2. The standard InChI is InChI=1S/C21H25NO6/c1-26-13-15-6-4-5-14(9-15)10-20(23)22-17(12-21(24)25)16-7-8-18(27-2)19(11-16)28-3/h4-9,11,17H,10,12-13H2,1-3H3,(H,22,23)(H,24,25). The van der Waals surface area contributed by atoms with Gasteiger partial charge in [-0.2, -0.15) is 0 Å². The van der Waals surface area contributed by atoms with E-state index in [1.165, 1.54) is 14.2 Å². The highest BCUT2D eigenvalue weighted by Gasteiger charge is 2.20. The van der Waals surface area contributed by atoms with Gasteiger partial charge in [0.15, 0.2) is 11.5 Å². The molecule has 0 spiro atoms. The quantitative estimate of drug-likeness (QED) is 0.651. The topological polar surface area (TPSA) is 94.1 Å². The van der Waals surface area contributed by atoms with E-state index in [2.05, 4.69) is 5.32 Å². The Balaban J connectivity index is 2.16. The van der Waals surface area contributed by atoms with Crippen molar-refractivity contribution in [2.45, 2.75) is 25.5 Å². The largest absolute Gasteiger partial charge is 0.493 e. The van der Waals surface area contributed by atoms with Gasteiger partial charge in [0.2, 0.25) is 5.91 Å². The highest BCUT2D eigenvalue weighted by Crippen LogP contribution is 2.31. The molecule has 2 aromatic carbocycles. The maximum absolute atomic E-state index is 12.5. The van der Waals surface area contributed by atoms with Gasteiger partial charge in [0.05, 0.1) is 39.7 Å². The minimum atomic E-state index is -1.01. The second-order valence-electron chi connectivity index (χ2n) is 6.26. The van der Waals surface area contributed by atoms with Crippen LogP contribution in [0.4, 0.5) is 0 Å². The first-order valence-electron chi connectivity index (χ1n) is 8.76. The molecule has 0 bridgehead atoms. The summed E-state index contributed by atoms with van der Waals surface area (Å²) >= 11 is 0. The fraction of sp³-hybridized carbons (Fsp3) is 0.333. The molecule has 0 aromatic heterocycles. The zero-order chi connectivity index (χ0) is 20.5. The molecule has 1 unspecified atom stereocenters. The van der Waals surface area contributed by atoms with E-state index in [0.29, 0.717) is 23.7 Å². The van der Waals surface area contributed by atoms with Gasteiger partial charge in [0.25, 0.3) is 0 Å². The van der Waals surface area contributed by atoms with Gasteiger partial charge in [0, 0.05) is 7.11 Å². The van der Waals surface area contributed by atoms with E-state index in [9.17, 15) is 14.7 Å². The summed E-state index contributed by atoms with van der Waals surface area (Å²) in [6.07, 6.45) is -0.105. The van der Waals surface area contributed by atoms with Gasteiger partial charge in [-0.25, -0.2) is 0 Å². The number of carboxylic acids is 1. The molecule has 0 saturated carbocycles. The molecular formula is C21H25NO6. The van der Waals surface area contributed by atoms with E-state index in [0.717, 1.165) is 11.1 Å². The van der Waals surface area contributed by atoms with Crippen LogP contribution in [0.3, 0.4) is 0 Å². The molecule has 1 amide bonds. The van der Waals surface area contributed by atoms with E-state index < -0.39 is 12.0 Å². The zero-order valence-electron chi connectivity index (χ0n) is 16.2. The van der Waals surface area contributed by atoms with Crippen LogP contribution in [0.2, 0.25) is 0 Å². The van der Waals surface area contributed by atoms with Gasteiger partial charge in [-0.15, -0.1) is 0 Å². The summed E-state index contributed by atoms with van der Waals surface area (Å²) in [6, 6.07) is 11.9. The average Bonchev–Trinajstić information content (AvgIpc) is 2.67. The molecule has 0 heterocycles. The number of amides is 1. The maximum Gasteiger partial charge on any atom is 0.305 e. The van der Waals surface area contributed by atoms with Crippen LogP contribution >= 0.6 is 0 Å². The molecule has 0 aliphatic heterocycles. The van der Waals surface area contributed by atoms with E-state index >= 15 is 0 Å². The summed E-state index contributed by atoms with van der Waals surface area (Å²) in [7, 11) is 4.63. The van der Waals surface area contributed by atoms with Crippen molar-refractivity contribution < 1.29 is 28.9 Å². The van der Waals surface area contributed by atoms with Crippen LogP contribution in [-0.4, -0.2) is 38.3 Å². The Morgan fingerprint density at radius 2 is 1.71 bits per heavy atom. The Kier molecular flexibility index (Phi) is 7.83.